The number of allylic oxidation sites excluding steroid dienone is 8. The van der Waals surface area contributed by atoms with Crippen LogP contribution in [0.5, 0.6) is 0 Å². The molecule has 0 amide bonds. The first-order valence-corrected chi connectivity index (χ1v) is 12.4. The second kappa shape index (κ2) is 15.5. The summed E-state index contributed by atoms with van der Waals surface area (Å²) >= 11 is 0. The maximum Gasteiger partial charge on any atom is 0.116 e. The lowest BCUT2D eigenvalue weighted by atomic mass is 9.96. The second-order valence-electron chi connectivity index (χ2n) is 8.54. The van der Waals surface area contributed by atoms with Gasteiger partial charge in [-0.15, -0.1) is 0 Å². The quantitative estimate of drug-likeness (QED) is 0.172. The van der Waals surface area contributed by atoms with Crippen molar-refractivity contribution >= 4 is 23.0 Å². The summed E-state index contributed by atoms with van der Waals surface area (Å²) in [7, 11) is 0. The molecule has 0 bridgehead atoms. The van der Waals surface area contributed by atoms with Gasteiger partial charge in [0.1, 0.15) is 6.29 Å². The fourth-order valence-corrected chi connectivity index (χ4v) is 3.78. The zero-order valence-electron chi connectivity index (χ0n) is 22.1. The molecule has 0 aliphatic carbocycles. The van der Waals surface area contributed by atoms with Crippen LogP contribution in [0.2, 0.25) is 0 Å². The van der Waals surface area contributed by atoms with Gasteiger partial charge in [0, 0.05) is 0 Å². The van der Waals surface area contributed by atoms with Gasteiger partial charge in [0.25, 0.3) is 0 Å². The molecule has 0 saturated carbocycles. The summed E-state index contributed by atoms with van der Waals surface area (Å²) in [5, 5.41) is 9.67. The third-order valence-corrected chi connectivity index (χ3v) is 5.85. The van der Waals surface area contributed by atoms with E-state index in [1.54, 1.807) is 0 Å². The number of rotatable bonds is 9. The third kappa shape index (κ3) is 9.24. The fraction of sp³-hybridized carbons (Fsp3) is 0.143. The molecule has 186 valence electrons. The van der Waals surface area contributed by atoms with Crippen LogP contribution in [0.25, 0.3) is 16.7 Å². The minimum Gasteiger partial charge on any atom is -0.304 e. The number of aryl methyl sites for hydroxylation is 2. The van der Waals surface area contributed by atoms with Crippen molar-refractivity contribution in [2.75, 3.05) is 0 Å². The van der Waals surface area contributed by atoms with Gasteiger partial charge in [-0.3, -0.25) is 0 Å². The van der Waals surface area contributed by atoms with E-state index in [1.807, 2.05) is 50.3 Å². The molecule has 0 saturated heterocycles. The van der Waals surface area contributed by atoms with E-state index in [1.165, 1.54) is 12.5 Å². The summed E-state index contributed by atoms with van der Waals surface area (Å²) in [6.45, 7) is 13.9. The van der Waals surface area contributed by atoms with E-state index < -0.39 is 0 Å². The molecule has 3 aromatic rings. The Labute approximate surface area is 222 Å². The average Bonchev–Trinajstić information content (AvgIpc) is 2.92. The molecule has 0 aliphatic heterocycles. The van der Waals surface area contributed by atoms with Crippen LogP contribution in [-0.4, -0.2) is 6.29 Å². The highest BCUT2D eigenvalue weighted by molar-refractivity contribution is 5.89. The summed E-state index contributed by atoms with van der Waals surface area (Å²) < 4.78 is 0. The average molecular weight is 486 g/mol. The molecule has 3 rings (SSSR count). The van der Waals surface area contributed by atoms with Crippen LogP contribution in [0.1, 0.15) is 48.1 Å². The van der Waals surface area contributed by atoms with E-state index >= 15 is 0 Å². The van der Waals surface area contributed by atoms with E-state index in [0.29, 0.717) is 5.57 Å². The van der Waals surface area contributed by atoms with Gasteiger partial charge < -0.3 is 4.79 Å². The molecule has 2 nitrogen and oxygen atoms in total. The Morgan fingerprint density at radius 1 is 0.865 bits per heavy atom. The summed E-state index contributed by atoms with van der Waals surface area (Å²) in [6.07, 6.45) is 10.9. The topological polar surface area (TPSA) is 40.9 Å². The van der Waals surface area contributed by atoms with Crippen molar-refractivity contribution in [1.82, 2.24) is 0 Å². The number of hydrogen-bond acceptors (Lipinski definition) is 2. The van der Waals surface area contributed by atoms with E-state index in [0.717, 1.165) is 58.1 Å². The monoisotopic (exact) mass is 485 g/mol. The van der Waals surface area contributed by atoms with Crippen LogP contribution in [0, 0.1) is 18.3 Å². The van der Waals surface area contributed by atoms with Gasteiger partial charge in [-0.25, -0.2) is 0 Å². The summed E-state index contributed by atoms with van der Waals surface area (Å²) in [6, 6.07) is 29.0. The van der Waals surface area contributed by atoms with Crippen molar-refractivity contribution in [1.29, 1.82) is 5.26 Å². The fourth-order valence-electron chi connectivity index (χ4n) is 3.78. The summed E-state index contributed by atoms with van der Waals surface area (Å²) in [5.74, 6) is 0. The van der Waals surface area contributed by atoms with Crippen LogP contribution >= 0.6 is 0 Å². The van der Waals surface area contributed by atoms with Crippen LogP contribution in [0.4, 0.5) is 0 Å². The number of carbonyl (C=O) groups is 1. The first kappa shape index (κ1) is 28.8. The molecular formula is C35H35NO. The van der Waals surface area contributed by atoms with E-state index in [-0.39, 0.29) is 0 Å². The lowest BCUT2D eigenvalue weighted by Crippen LogP contribution is -1.89. The molecule has 0 aromatic heterocycles. The smallest absolute Gasteiger partial charge is 0.116 e. The maximum absolute atomic E-state index is 9.67. The molecular weight excluding hydrogens is 450 g/mol. The highest BCUT2D eigenvalue weighted by Crippen LogP contribution is 2.25. The van der Waals surface area contributed by atoms with Crippen LogP contribution < -0.4 is 0 Å². The van der Waals surface area contributed by atoms with Gasteiger partial charge in [0.15, 0.2) is 0 Å². The van der Waals surface area contributed by atoms with Gasteiger partial charge in [-0.05, 0) is 78.7 Å². The Hall–Kier alpha value is -4.48. The largest absolute Gasteiger partial charge is 0.304 e. The minimum atomic E-state index is 0.623. The molecule has 0 radical (unpaired) electrons. The number of carbonyl (C=O) groups excluding carboxylic acids is 1. The second-order valence-corrected chi connectivity index (χ2v) is 8.54. The SMILES string of the molecule is C=C(/C=C\C(=C/C)c1ccc(C(=C)/C=C(/C#N)c2ccccc2C)cc1)CCc1ccccc1.CC=O. The maximum atomic E-state index is 9.67. The van der Waals surface area contributed by atoms with Crippen molar-refractivity contribution in [3.8, 4) is 6.07 Å². The van der Waals surface area contributed by atoms with Gasteiger partial charge in [0.05, 0.1) is 11.6 Å². The first-order chi connectivity index (χ1) is 17.9. The van der Waals surface area contributed by atoms with E-state index in [2.05, 4.69) is 86.0 Å². The Bertz CT molecular complexity index is 1330. The van der Waals surface area contributed by atoms with Crippen molar-refractivity contribution in [2.24, 2.45) is 0 Å². The molecule has 0 atom stereocenters. The standard InChI is InChI=1S/C33H31N.C2H4O/c1-5-29(18-16-25(2)15-17-28-12-7-6-8-13-28)31-21-19-30(20-22-31)27(4)23-32(24-34)33-14-10-9-11-26(33)3;1-2-3/h5-14,16,18-23H,2,4,15,17H2,1,3H3;2H,1H3/b18-16-,29-5+,32-23-;. The van der Waals surface area contributed by atoms with E-state index in [9.17, 15) is 5.26 Å². The van der Waals surface area contributed by atoms with Gasteiger partial charge >= 0.3 is 0 Å². The van der Waals surface area contributed by atoms with Crippen LogP contribution in [0.15, 0.2) is 122 Å². The number of benzene rings is 3. The normalized spacial score (nSPS) is 11.3. The summed E-state index contributed by atoms with van der Waals surface area (Å²) in [4.78, 5) is 8.81. The predicted molar refractivity (Wildman–Crippen MR) is 159 cm³/mol. The lowest BCUT2D eigenvalue weighted by molar-refractivity contribution is -0.106. The molecule has 0 fully saturated rings. The summed E-state index contributed by atoms with van der Waals surface area (Å²) in [5.41, 5.74) is 9.17. The zero-order chi connectivity index (χ0) is 27.0. The Morgan fingerprint density at radius 3 is 2.05 bits per heavy atom. The van der Waals surface area contributed by atoms with Gasteiger partial charge in [0.2, 0.25) is 0 Å². The van der Waals surface area contributed by atoms with Crippen molar-refractivity contribution in [3.63, 3.8) is 0 Å². The Morgan fingerprint density at radius 2 is 1.46 bits per heavy atom. The van der Waals surface area contributed by atoms with Crippen molar-refractivity contribution in [2.45, 2.75) is 33.6 Å². The van der Waals surface area contributed by atoms with Crippen LogP contribution in [0.3, 0.4) is 0 Å². The number of hydrogen-bond donors (Lipinski definition) is 0. The number of nitrogens with zero attached hydrogens (tertiary/aromatic N) is 1. The van der Waals surface area contributed by atoms with Gasteiger partial charge in [-0.1, -0.05) is 116 Å². The Balaban J connectivity index is 0.00000153. The first-order valence-electron chi connectivity index (χ1n) is 12.4. The molecule has 0 heterocycles. The molecule has 0 aliphatic rings. The van der Waals surface area contributed by atoms with Gasteiger partial charge in [-0.2, -0.15) is 5.26 Å². The molecule has 0 spiro atoms. The minimum absolute atomic E-state index is 0.623. The van der Waals surface area contributed by atoms with E-state index in [4.69, 9.17) is 4.79 Å². The molecule has 0 N–H and O–H groups in total. The number of nitriles is 1. The highest BCUT2D eigenvalue weighted by Gasteiger charge is 2.06. The zero-order valence-corrected chi connectivity index (χ0v) is 22.1. The molecule has 37 heavy (non-hydrogen) atoms. The Kier molecular flexibility index (Phi) is 12.0. The lowest BCUT2D eigenvalue weighted by Gasteiger charge is -2.08. The van der Waals surface area contributed by atoms with Crippen molar-refractivity contribution in [3.05, 3.63) is 150 Å². The number of aldehydes is 1. The predicted octanol–water partition coefficient (Wildman–Crippen LogP) is 8.97. The van der Waals surface area contributed by atoms with Crippen molar-refractivity contribution < 1.29 is 4.79 Å². The molecule has 0 unspecified atom stereocenters. The molecule has 3 aromatic carbocycles. The third-order valence-electron chi connectivity index (χ3n) is 5.85. The highest BCUT2D eigenvalue weighted by atomic mass is 16.1. The molecule has 2 heteroatoms. The van der Waals surface area contributed by atoms with Crippen LogP contribution in [-0.2, 0) is 11.2 Å².